The Kier molecular flexibility index (Phi) is 7.21. The highest BCUT2D eigenvalue weighted by atomic mass is 32.1. The molecule has 0 aliphatic carbocycles. The molecular weight excluding hydrogens is 470 g/mol. The number of amides is 2. The summed E-state index contributed by atoms with van der Waals surface area (Å²) in [5, 5.41) is 15.4. The van der Waals surface area contributed by atoms with Gasteiger partial charge in [-0.15, -0.1) is 11.3 Å². The summed E-state index contributed by atoms with van der Waals surface area (Å²) < 4.78 is 5.33. The van der Waals surface area contributed by atoms with Crippen molar-refractivity contribution in [3.63, 3.8) is 0 Å². The van der Waals surface area contributed by atoms with Crippen molar-refractivity contribution >= 4 is 46.2 Å². The third kappa shape index (κ3) is 5.38. The van der Waals surface area contributed by atoms with Gasteiger partial charge in [0.05, 0.1) is 16.9 Å². The standard InChI is InChI=1S/C25H23N3O6S/c1-16-8-10-17(11-9-16)27-23(30)13-12-18(24(27)21-7-4-14-35-21)25(31)34-15-22(29)26-19-5-2-3-6-20(19)28(32)33/h2-11,14,18,24H,12-13,15H2,1H3,(H,26,29)/t18-,24-/m0/s1. The fraction of sp³-hybridized carbons (Fsp3) is 0.240. The number of esters is 1. The van der Waals surface area contributed by atoms with Crippen molar-refractivity contribution in [2.45, 2.75) is 25.8 Å². The van der Waals surface area contributed by atoms with E-state index in [0.29, 0.717) is 5.69 Å². The van der Waals surface area contributed by atoms with E-state index >= 15 is 0 Å². The summed E-state index contributed by atoms with van der Waals surface area (Å²) >= 11 is 1.44. The maximum Gasteiger partial charge on any atom is 0.311 e. The van der Waals surface area contributed by atoms with Crippen molar-refractivity contribution in [3.05, 3.63) is 86.6 Å². The van der Waals surface area contributed by atoms with Gasteiger partial charge in [-0.05, 0) is 43.0 Å². The van der Waals surface area contributed by atoms with Gasteiger partial charge in [-0.2, -0.15) is 0 Å². The third-order valence-electron chi connectivity index (χ3n) is 5.77. The maximum atomic E-state index is 13.1. The molecule has 35 heavy (non-hydrogen) atoms. The minimum absolute atomic E-state index is 0.0174. The highest BCUT2D eigenvalue weighted by Crippen LogP contribution is 2.42. The highest BCUT2D eigenvalue weighted by Gasteiger charge is 2.43. The van der Waals surface area contributed by atoms with Crippen LogP contribution in [0, 0.1) is 23.0 Å². The van der Waals surface area contributed by atoms with Gasteiger partial charge in [-0.1, -0.05) is 35.9 Å². The lowest BCUT2D eigenvalue weighted by atomic mass is 9.87. The normalized spacial score (nSPS) is 17.6. The van der Waals surface area contributed by atoms with E-state index in [2.05, 4.69) is 5.32 Å². The number of hydrogen-bond donors (Lipinski definition) is 1. The number of carbonyl (C=O) groups excluding carboxylic acids is 3. The molecule has 10 heteroatoms. The maximum absolute atomic E-state index is 13.1. The summed E-state index contributed by atoms with van der Waals surface area (Å²) in [7, 11) is 0. The molecule has 1 aromatic heterocycles. The molecule has 1 N–H and O–H groups in total. The molecular formula is C25H23N3O6S. The summed E-state index contributed by atoms with van der Waals surface area (Å²) in [5.74, 6) is -2.06. The lowest BCUT2D eigenvalue weighted by molar-refractivity contribution is -0.383. The molecule has 0 unspecified atom stereocenters. The zero-order chi connectivity index (χ0) is 24.9. The highest BCUT2D eigenvalue weighted by molar-refractivity contribution is 7.10. The van der Waals surface area contributed by atoms with Crippen LogP contribution in [0.1, 0.15) is 29.3 Å². The summed E-state index contributed by atoms with van der Waals surface area (Å²) in [6.45, 7) is 1.35. The first-order chi connectivity index (χ1) is 16.8. The molecule has 180 valence electrons. The third-order valence-corrected chi connectivity index (χ3v) is 6.71. The predicted octanol–water partition coefficient (Wildman–Crippen LogP) is 4.63. The fourth-order valence-corrected chi connectivity index (χ4v) is 4.98. The van der Waals surface area contributed by atoms with Crippen LogP contribution < -0.4 is 10.2 Å². The number of nitrogens with one attached hydrogen (secondary N) is 1. The molecule has 9 nitrogen and oxygen atoms in total. The number of hydrogen-bond acceptors (Lipinski definition) is 7. The quantitative estimate of drug-likeness (QED) is 0.291. The Morgan fingerprint density at radius 1 is 1.14 bits per heavy atom. The van der Waals surface area contributed by atoms with Gasteiger partial charge in [-0.25, -0.2) is 0 Å². The van der Waals surface area contributed by atoms with E-state index in [9.17, 15) is 24.5 Å². The molecule has 1 saturated heterocycles. The van der Waals surface area contributed by atoms with Gasteiger partial charge in [-0.3, -0.25) is 24.5 Å². The lowest BCUT2D eigenvalue weighted by Crippen LogP contribution is -2.46. The SMILES string of the molecule is Cc1ccc(N2C(=O)CC[C@H](C(=O)OCC(=O)Nc3ccccc3[N+](=O)[O-])[C@H]2c2cccs2)cc1. The van der Waals surface area contributed by atoms with Crippen LogP contribution in [0.25, 0.3) is 0 Å². The van der Waals surface area contributed by atoms with Crippen molar-refractivity contribution in [1.29, 1.82) is 0 Å². The monoisotopic (exact) mass is 493 g/mol. The van der Waals surface area contributed by atoms with Crippen LogP contribution in [0.5, 0.6) is 0 Å². The Morgan fingerprint density at radius 2 is 1.89 bits per heavy atom. The average Bonchev–Trinajstić information content (AvgIpc) is 3.38. The van der Waals surface area contributed by atoms with Crippen LogP contribution in [0.15, 0.2) is 66.0 Å². The molecule has 1 fully saturated rings. The predicted molar refractivity (Wildman–Crippen MR) is 131 cm³/mol. The fourth-order valence-electron chi connectivity index (χ4n) is 4.10. The van der Waals surface area contributed by atoms with Crippen molar-refractivity contribution in [3.8, 4) is 0 Å². The smallest absolute Gasteiger partial charge is 0.311 e. The van der Waals surface area contributed by atoms with Gasteiger partial charge >= 0.3 is 5.97 Å². The number of thiophene rings is 1. The van der Waals surface area contributed by atoms with Gasteiger partial charge in [0.25, 0.3) is 11.6 Å². The van der Waals surface area contributed by atoms with Crippen molar-refractivity contribution in [2.75, 3.05) is 16.8 Å². The Balaban J connectivity index is 1.51. The Bertz CT molecular complexity index is 1240. The zero-order valence-corrected chi connectivity index (χ0v) is 19.7. The number of carbonyl (C=O) groups is 3. The van der Waals surface area contributed by atoms with E-state index in [1.165, 1.54) is 29.5 Å². The molecule has 0 spiro atoms. The number of anilines is 2. The van der Waals surface area contributed by atoms with Gasteiger partial charge in [0, 0.05) is 23.1 Å². The molecule has 2 atom stereocenters. The minimum Gasteiger partial charge on any atom is -0.455 e. The first-order valence-corrected chi connectivity index (χ1v) is 11.8. The molecule has 0 saturated carbocycles. The number of piperidine rings is 1. The topological polar surface area (TPSA) is 119 Å². The van der Waals surface area contributed by atoms with Crippen molar-refractivity contribution < 1.29 is 24.0 Å². The summed E-state index contributed by atoms with van der Waals surface area (Å²) in [6.07, 6.45) is 0.451. The molecule has 3 aromatic rings. The summed E-state index contributed by atoms with van der Waals surface area (Å²) in [5.41, 5.74) is 1.49. The van der Waals surface area contributed by atoms with Crippen LogP contribution >= 0.6 is 11.3 Å². The number of rotatable bonds is 7. The molecule has 4 rings (SSSR count). The van der Waals surface area contributed by atoms with Crippen molar-refractivity contribution in [1.82, 2.24) is 0 Å². The molecule has 2 amide bonds. The zero-order valence-electron chi connectivity index (χ0n) is 18.9. The summed E-state index contributed by atoms with van der Waals surface area (Å²) in [6, 6.07) is 16.4. The van der Waals surface area contributed by atoms with Gasteiger partial charge in [0.1, 0.15) is 5.69 Å². The average molecular weight is 494 g/mol. The molecule has 1 aliphatic heterocycles. The largest absolute Gasteiger partial charge is 0.455 e. The second kappa shape index (κ2) is 10.5. The van der Waals surface area contributed by atoms with Crippen LogP contribution in [-0.4, -0.2) is 29.3 Å². The summed E-state index contributed by atoms with van der Waals surface area (Å²) in [4.78, 5) is 51.5. The second-order valence-corrected chi connectivity index (χ2v) is 9.11. The van der Waals surface area contributed by atoms with E-state index in [1.54, 1.807) is 11.0 Å². The van der Waals surface area contributed by atoms with E-state index in [0.717, 1.165) is 10.4 Å². The Labute approximate surface area is 205 Å². The molecule has 2 heterocycles. The van der Waals surface area contributed by atoms with Crippen LogP contribution in [-0.2, 0) is 19.1 Å². The number of benzene rings is 2. The van der Waals surface area contributed by atoms with Gasteiger partial charge in [0.2, 0.25) is 5.91 Å². The van der Waals surface area contributed by atoms with E-state index < -0.39 is 35.4 Å². The lowest BCUT2D eigenvalue weighted by Gasteiger charge is -2.39. The molecule has 2 aromatic carbocycles. The Hall–Kier alpha value is -4.05. The number of nitrogens with zero attached hydrogens (tertiary/aromatic N) is 2. The van der Waals surface area contributed by atoms with Gasteiger partial charge in [0.15, 0.2) is 6.61 Å². The molecule has 1 aliphatic rings. The minimum atomic E-state index is -0.692. The van der Waals surface area contributed by atoms with Gasteiger partial charge < -0.3 is 15.0 Å². The van der Waals surface area contributed by atoms with E-state index in [-0.39, 0.29) is 30.1 Å². The number of aryl methyl sites for hydroxylation is 1. The first kappa shape index (κ1) is 24.1. The Morgan fingerprint density at radius 3 is 2.57 bits per heavy atom. The molecule has 0 bridgehead atoms. The first-order valence-electron chi connectivity index (χ1n) is 11.0. The van der Waals surface area contributed by atoms with Crippen LogP contribution in [0.3, 0.4) is 0 Å². The van der Waals surface area contributed by atoms with Crippen molar-refractivity contribution in [2.24, 2.45) is 5.92 Å². The number of ether oxygens (including phenoxy) is 1. The van der Waals surface area contributed by atoms with E-state index in [1.807, 2.05) is 48.7 Å². The van der Waals surface area contributed by atoms with E-state index in [4.69, 9.17) is 4.74 Å². The number of para-hydroxylation sites is 2. The number of nitro groups is 1. The number of nitro benzene ring substituents is 1. The molecule has 0 radical (unpaired) electrons. The van der Waals surface area contributed by atoms with Crippen LogP contribution in [0.2, 0.25) is 0 Å². The van der Waals surface area contributed by atoms with Crippen LogP contribution in [0.4, 0.5) is 17.1 Å². The second-order valence-electron chi connectivity index (χ2n) is 8.13.